The fourth-order valence-electron chi connectivity index (χ4n) is 4.77. The van der Waals surface area contributed by atoms with Crippen molar-refractivity contribution < 1.29 is 31.7 Å². The zero-order chi connectivity index (χ0) is 31.4. The normalized spacial score (nSPS) is 25.9. The standard InChI is InChI=1S/C33H50O7P2/c1-29(2,3)23-13-15-27(25(17-23)31(7,8)9)39-41-35-19-33(20-36-41)21-37-42(34,38-22-33)40-28-16-14-24(30(4,5)6)18-26(28)32(10,11)12/h13-18H,19-22H2,1-12H3. The van der Waals surface area contributed by atoms with Gasteiger partial charge in [-0.05, 0) is 44.9 Å². The molecule has 2 aromatic carbocycles. The first kappa shape index (κ1) is 33.4. The third-order valence-electron chi connectivity index (χ3n) is 7.70. The summed E-state index contributed by atoms with van der Waals surface area (Å²) in [6.07, 6.45) is 0. The van der Waals surface area contributed by atoms with Crippen LogP contribution in [0.4, 0.5) is 0 Å². The van der Waals surface area contributed by atoms with E-state index in [4.69, 9.17) is 27.1 Å². The molecule has 0 aromatic heterocycles. The second kappa shape index (κ2) is 11.5. The summed E-state index contributed by atoms with van der Waals surface area (Å²) in [5.74, 6) is 1.27. The van der Waals surface area contributed by atoms with Crippen LogP contribution in [0.3, 0.4) is 0 Å². The van der Waals surface area contributed by atoms with Crippen molar-refractivity contribution in [2.75, 3.05) is 26.4 Å². The van der Waals surface area contributed by atoms with Gasteiger partial charge in [0, 0.05) is 11.1 Å². The predicted molar refractivity (Wildman–Crippen MR) is 170 cm³/mol. The number of benzene rings is 2. The molecular weight excluding hydrogens is 570 g/mol. The van der Waals surface area contributed by atoms with Crippen LogP contribution in [0.2, 0.25) is 0 Å². The highest BCUT2D eigenvalue weighted by atomic mass is 31.2. The SMILES string of the molecule is CC(C)(C)c1ccc(OP2OCC3(CO2)COP(=O)(Oc2ccc(C(C)(C)C)cc2C(C)(C)C)OC3)c(C(C)(C)C)c1. The Bertz CT molecular complexity index is 1300. The molecule has 2 aliphatic heterocycles. The quantitative estimate of drug-likeness (QED) is 0.315. The van der Waals surface area contributed by atoms with Gasteiger partial charge in [0.1, 0.15) is 11.5 Å². The summed E-state index contributed by atoms with van der Waals surface area (Å²) in [5, 5.41) is 0. The summed E-state index contributed by atoms with van der Waals surface area (Å²) in [4.78, 5) is 0. The first-order valence-electron chi connectivity index (χ1n) is 14.7. The van der Waals surface area contributed by atoms with Gasteiger partial charge in [0.15, 0.2) is 0 Å². The average Bonchev–Trinajstić information content (AvgIpc) is 2.85. The predicted octanol–water partition coefficient (Wildman–Crippen LogP) is 9.75. The topological polar surface area (TPSA) is 72.5 Å². The third-order valence-corrected chi connectivity index (χ3v) is 10.0. The van der Waals surface area contributed by atoms with Crippen molar-refractivity contribution in [3.8, 4) is 11.5 Å². The van der Waals surface area contributed by atoms with E-state index in [-0.39, 0.29) is 34.9 Å². The molecule has 2 aliphatic rings. The highest BCUT2D eigenvalue weighted by Crippen LogP contribution is 2.58. The number of hydrogen-bond donors (Lipinski definition) is 0. The van der Waals surface area contributed by atoms with Gasteiger partial charge in [-0.1, -0.05) is 107 Å². The molecule has 2 aromatic rings. The summed E-state index contributed by atoms with van der Waals surface area (Å²) in [5.41, 5.74) is 3.56. The number of phosphoric acid groups is 1. The lowest BCUT2D eigenvalue weighted by Gasteiger charge is -2.41. The molecule has 0 aliphatic carbocycles. The first-order valence-corrected chi connectivity index (χ1v) is 17.3. The molecule has 7 nitrogen and oxygen atoms in total. The lowest BCUT2D eigenvalue weighted by molar-refractivity contribution is -0.0769. The molecule has 2 fully saturated rings. The van der Waals surface area contributed by atoms with E-state index >= 15 is 0 Å². The van der Waals surface area contributed by atoms with E-state index in [1.54, 1.807) is 0 Å². The van der Waals surface area contributed by atoms with Crippen molar-refractivity contribution in [3.05, 3.63) is 58.7 Å². The molecule has 9 heteroatoms. The van der Waals surface area contributed by atoms with Gasteiger partial charge in [0.05, 0.1) is 31.8 Å². The smallest absolute Gasteiger partial charge is 0.426 e. The Labute approximate surface area is 254 Å². The molecule has 0 amide bonds. The Morgan fingerprint density at radius 3 is 1.50 bits per heavy atom. The average molecular weight is 621 g/mol. The minimum atomic E-state index is -3.83. The van der Waals surface area contributed by atoms with Gasteiger partial charge in [0.2, 0.25) is 0 Å². The molecule has 0 unspecified atom stereocenters. The van der Waals surface area contributed by atoms with Gasteiger partial charge in [0.25, 0.3) is 0 Å². The van der Waals surface area contributed by atoms with Crippen LogP contribution in [0, 0.1) is 5.41 Å². The molecule has 1 spiro atoms. The van der Waals surface area contributed by atoms with Crippen LogP contribution in [0.15, 0.2) is 36.4 Å². The van der Waals surface area contributed by atoms with Crippen molar-refractivity contribution in [3.63, 3.8) is 0 Å². The highest BCUT2D eigenvalue weighted by Gasteiger charge is 2.49. The van der Waals surface area contributed by atoms with Crippen LogP contribution in [0.5, 0.6) is 11.5 Å². The van der Waals surface area contributed by atoms with Gasteiger partial charge in [-0.3, -0.25) is 9.05 Å². The number of phosphoric ester groups is 1. The second-order valence-corrected chi connectivity index (χ2v) is 18.6. The van der Waals surface area contributed by atoms with Gasteiger partial charge in [-0.25, -0.2) is 4.57 Å². The van der Waals surface area contributed by atoms with Crippen LogP contribution in [0.25, 0.3) is 0 Å². The van der Waals surface area contributed by atoms with Crippen LogP contribution in [0.1, 0.15) is 105 Å². The number of hydrogen-bond acceptors (Lipinski definition) is 7. The molecule has 4 rings (SSSR count). The minimum Gasteiger partial charge on any atom is -0.426 e. The molecule has 2 saturated heterocycles. The summed E-state index contributed by atoms with van der Waals surface area (Å²) in [6, 6.07) is 12.3. The number of rotatable bonds is 4. The monoisotopic (exact) mass is 620 g/mol. The largest absolute Gasteiger partial charge is 0.530 e. The zero-order valence-corrected chi connectivity index (χ0v) is 29.3. The Morgan fingerprint density at radius 1 is 0.643 bits per heavy atom. The molecule has 42 heavy (non-hydrogen) atoms. The van der Waals surface area contributed by atoms with Crippen molar-refractivity contribution >= 4 is 16.4 Å². The fraction of sp³-hybridized carbons (Fsp3) is 0.636. The maximum Gasteiger partial charge on any atom is 0.530 e. The van der Waals surface area contributed by atoms with Crippen LogP contribution in [-0.4, -0.2) is 26.4 Å². The van der Waals surface area contributed by atoms with E-state index in [1.807, 2.05) is 18.2 Å². The summed E-state index contributed by atoms with van der Waals surface area (Å²) in [7, 11) is -5.44. The lowest BCUT2D eigenvalue weighted by atomic mass is 9.80. The van der Waals surface area contributed by atoms with E-state index in [0.29, 0.717) is 19.0 Å². The van der Waals surface area contributed by atoms with Crippen molar-refractivity contribution in [1.82, 2.24) is 0 Å². The third kappa shape index (κ3) is 7.78. The molecule has 2 heterocycles. The van der Waals surface area contributed by atoms with E-state index < -0.39 is 21.8 Å². The molecule has 0 saturated carbocycles. The van der Waals surface area contributed by atoms with Crippen LogP contribution >= 0.6 is 16.4 Å². The summed E-state index contributed by atoms with van der Waals surface area (Å²) in [6.45, 7) is 26.8. The minimum absolute atomic E-state index is 0.0265. The molecule has 0 bridgehead atoms. The van der Waals surface area contributed by atoms with E-state index in [0.717, 1.165) is 16.9 Å². The maximum absolute atomic E-state index is 13.6. The van der Waals surface area contributed by atoms with Crippen molar-refractivity contribution in [1.29, 1.82) is 0 Å². The molecule has 0 radical (unpaired) electrons. The molecular formula is C33H50O7P2. The van der Waals surface area contributed by atoms with Crippen LogP contribution in [-0.2, 0) is 44.3 Å². The maximum atomic E-state index is 13.6. The molecule has 0 atom stereocenters. The second-order valence-electron chi connectivity index (χ2n) is 15.9. The van der Waals surface area contributed by atoms with E-state index in [9.17, 15) is 4.57 Å². The molecule has 234 valence electrons. The van der Waals surface area contributed by atoms with Crippen molar-refractivity contribution in [2.45, 2.75) is 105 Å². The van der Waals surface area contributed by atoms with Gasteiger partial charge >= 0.3 is 16.4 Å². The zero-order valence-electron chi connectivity index (χ0n) is 27.5. The van der Waals surface area contributed by atoms with Gasteiger partial charge < -0.3 is 18.1 Å². The van der Waals surface area contributed by atoms with E-state index in [1.165, 1.54) is 11.1 Å². The Balaban J connectivity index is 1.41. The van der Waals surface area contributed by atoms with Crippen LogP contribution < -0.4 is 9.05 Å². The van der Waals surface area contributed by atoms with Gasteiger partial charge in [-0.15, -0.1) is 0 Å². The lowest BCUT2D eigenvalue weighted by Crippen LogP contribution is -2.45. The highest BCUT2D eigenvalue weighted by molar-refractivity contribution is 7.49. The Hall–Kier alpha value is -1.46. The van der Waals surface area contributed by atoms with E-state index in [2.05, 4.69) is 101 Å². The first-order chi connectivity index (χ1) is 19.1. The van der Waals surface area contributed by atoms with Crippen molar-refractivity contribution in [2.24, 2.45) is 5.41 Å². The Morgan fingerprint density at radius 2 is 1.07 bits per heavy atom. The summed E-state index contributed by atoms with van der Waals surface area (Å²) >= 11 is 0. The fourth-order valence-corrected chi connectivity index (χ4v) is 7.47. The summed E-state index contributed by atoms with van der Waals surface area (Å²) < 4.78 is 49.6. The Kier molecular flexibility index (Phi) is 9.13. The molecule has 0 N–H and O–H groups in total. The van der Waals surface area contributed by atoms with Gasteiger partial charge in [-0.2, -0.15) is 0 Å².